The number of hydrogen-bond acceptors (Lipinski definition) is 4. The number of carbonyl (C=O) groups is 1. The highest BCUT2D eigenvalue weighted by Crippen LogP contribution is 2.15. The lowest BCUT2D eigenvalue weighted by molar-refractivity contribution is -0.145. The van der Waals surface area contributed by atoms with Gasteiger partial charge < -0.3 is 9.47 Å². The molecule has 0 spiro atoms. The Morgan fingerprint density at radius 1 is 1.58 bits per heavy atom. The molecule has 0 N–H and O–H groups in total. The highest BCUT2D eigenvalue weighted by atomic mass is 16.5. The van der Waals surface area contributed by atoms with Crippen LogP contribution in [0.1, 0.15) is 12.8 Å². The number of hydrogen-bond donors (Lipinski definition) is 0. The third-order valence-corrected chi connectivity index (χ3v) is 1.96. The van der Waals surface area contributed by atoms with Gasteiger partial charge in [-0.05, 0) is 6.42 Å². The summed E-state index contributed by atoms with van der Waals surface area (Å²) < 4.78 is 9.56. The van der Waals surface area contributed by atoms with E-state index < -0.39 is 0 Å². The molecule has 4 nitrogen and oxygen atoms in total. The normalized spacial score (nSPS) is 22.8. The van der Waals surface area contributed by atoms with E-state index in [2.05, 4.69) is 9.73 Å². The van der Waals surface area contributed by atoms with E-state index in [0.717, 1.165) is 18.7 Å². The standard InChI is InChI=1S/C8H13NO3/c1-11-7-4-3-6(5-9-7)8(10)12-2/h6H,3-5H2,1-2H3/t6-/m1/s1. The van der Waals surface area contributed by atoms with Gasteiger partial charge >= 0.3 is 5.97 Å². The van der Waals surface area contributed by atoms with Gasteiger partial charge in [-0.15, -0.1) is 0 Å². The number of aliphatic imine (C=N–C) groups is 1. The molecule has 1 aliphatic heterocycles. The van der Waals surface area contributed by atoms with Crippen LogP contribution < -0.4 is 0 Å². The Kier molecular flexibility index (Phi) is 3.08. The van der Waals surface area contributed by atoms with Crippen molar-refractivity contribution in [2.45, 2.75) is 12.8 Å². The molecule has 0 saturated heterocycles. The summed E-state index contributed by atoms with van der Waals surface area (Å²) in [5.74, 6) is 0.484. The van der Waals surface area contributed by atoms with Crippen molar-refractivity contribution < 1.29 is 14.3 Å². The maximum Gasteiger partial charge on any atom is 0.310 e. The van der Waals surface area contributed by atoms with Crippen LogP contribution >= 0.6 is 0 Å². The molecule has 1 rings (SSSR count). The molecule has 0 bridgehead atoms. The van der Waals surface area contributed by atoms with E-state index in [1.807, 2.05) is 0 Å². The van der Waals surface area contributed by atoms with Crippen molar-refractivity contribution >= 4 is 11.9 Å². The van der Waals surface area contributed by atoms with Crippen LogP contribution in [-0.2, 0) is 14.3 Å². The molecule has 1 atom stereocenters. The molecule has 12 heavy (non-hydrogen) atoms. The van der Waals surface area contributed by atoms with Gasteiger partial charge in [-0.3, -0.25) is 9.79 Å². The van der Waals surface area contributed by atoms with Gasteiger partial charge in [0.1, 0.15) is 0 Å². The fourth-order valence-electron chi connectivity index (χ4n) is 1.21. The first-order chi connectivity index (χ1) is 5.77. The summed E-state index contributed by atoms with van der Waals surface area (Å²) in [4.78, 5) is 15.1. The monoisotopic (exact) mass is 171 g/mol. The van der Waals surface area contributed by atoms with Gasteiger partial charge in [0.15, 0.2) is 5.90 Å². The summed E-state index contributed by atoms with van der Waals surface area (Å²) in [6.45, 7) is 0.496. The van der Waals surface area contributed by atoms with E-state index in [9.17, 15) is 4.79 Å². The van der Waals surface area contributed by atoms with Crippen LogP contribution in [0.15, 0.2) is 4.99 Å². The second-order valence-corrected chi connectivity index (χ2v) is 2.70. The Balaban J connectivity index is 2.46. The third kappa shape index (κ3) is 1.96. The molecule has 0 aliphatic carbocycles. The molecule has 0 aromatic carbocycles. The molecular weight excluding hydrogens is 158 g/mol. The SMILES string of the molecule is COC(=O)[C@@H]1CCC(OC)=NC1. The molecule has 4 heteroatoms. The van der Waals surface area contributed by atoms with Crippen LogP contribution in [0.25, 0.3) is 0 Å². The number of esters is 1. The maximum atomic E-state index is 11.0. The minimum atomic E-state index is -0.172. The first kappa shape index (κ1) is 9.03. The number of methoxy groups -OCH3 is 2. The Bertz CT molecular complexity index is 200. The molecule has 68 valence electrons. The Morgan fingerprint density at radius 2 is 2.33 bits per heavy atom. The summed E-state index contributed by atoms with van der Waals surface area (Å²) >= 11 is 0. The lowest BCUT2D eigenvalue weighted by atomic mass is 10.0. The van der Waals surface area contributed by atoms with Crippen LogP contribution in [0.5, 0.6) is 0 Å². The second kappa shape index (κ2) is 4.09. The van der Waals surface area contributed by atoms with E-state index in [1.165, 1.54) is 7.11 Å². The van der Waals surface area contributed by atoms with Gasteiger partial charge in [0.25, 0.3) is 0 Å². The number of ether oxygens (including phenoxy) is 2. The van der Waals surface area contributed by atoms with Crippen molar-refractivity contribution in [2.75, 3.05) is 20.8 Å². The zero-order valence-corrected chi connectivity index (χ0v) is 7.37. The van der Waals surface area contributed by atoms with Crippen molar-refractivity contribution in [3.8, 4) is 0 Å². The van der Waals surface area contributed by atoms with E-state index in [4.69, 9.17) is 4.74 Å². The summed E-state index contributed by atoms with van der Waals surface area (Å²) in [6, 6.07) is 0. The molecular formula is C8H13NO3. The summed E-state index contributed by atoms with van der Waals surface area (Å²) in [7, 11) is 3.00. The highest BCUT2D eigenvalue weighted by molar-refractivity contribution is 5.80. The number of rotatable bonds is 1. The highest BCUT2D eigenvalue weighted by Gasteiger charge is 2.23. The summed E-state index contributed by atoms with van der Waals surface area (Å²) in [5, 5.41) is 0. The Labute approximate surface area is 71.6 Å². The van der Waals surface area contributed by atoms with E-state index in [1.54, 1.807) is 7.11 Å². The average molecular weight is 171 g/mol. The van der Waals surface area contributed by atoms with Crippen LogP contribution in [0.3, 0.4) is 0 Å². The first-order valence-electron chi connectivity index (χ1n) is 3.93. The van der Waals surface area contributed by atoms with Crippen LogP contribution in [0.2, 0.25) is 0 Å². The lowest BCUT2D eigenvalue weighted by Crippen LogP contribution is -2.25. The third-order valence-electron chi connectivity index (χ3n) is 1.96. The molecule has 0 aromatic rings. The van der Waals surface area contributed by atoms with Gasteiger partial charge in [-0.25, -0.2) is 0 Å². The second-order valence-electron chi connectivity index (χ2n) is 2.70. The molecule has 0 radical (unpaired) electrons. The molecule has 0 amide bonds. The van der Waals surface area contributed by atoms with Gasteiger partial charge in [0.2, 0.25) is 0 Å². The van der Waals surface area contributed by atoms with Crippen LogP contribution in [0, 0.1) is 5.92 Å². The predicted octanol–water partition coefficient (Wildman–Crippen LogP) is 0.614. The Hall–Kier alpha value is -1.06. The predicted molar refractivity (Wildman–Crippen MR) is 44.1 cm³/mol. The molecule has 1 heterocycles. The van der Waals surface area contributed by atoms with E-state index in [-0.39, 0.29) is 11.9 Å². The van der Waals surface area contributed by atoms with E-state index in [0.29, 0.717) is 6.54 Å². The zero-order valence-electron chi connectivity index (χ0n) is 7.37. The molecule has 0 unspecified atom stereocenters. The first-order valence-corrected chi connectivity index (χ1v) is 3.93. The van der Waals surface area contributed by atoms with E-state index >= 15 is 0 Å². The lowest BCUT2D eigenvalue weighted by Gasteiger charge is -2.17. The van der Waals surface area contributed by atoms with Gasteiger partial charge in [0, 0.05) is 6.42 Å². The van der Waals surface area contributed by atoms with Crippen molar-refractivity contribution in [1.29, 1.82) is 0 Å². The van der Waals surface area contributed by atoms with Gasteiger partial charge in [-0.2, -0.15) is 0 Å². The summed E-state index contributed by atoms with van der Waals surface area (Å²) in [5.41, 5.74) is 0. The van der Waals surface area contributed by atoms with Crippen molar-refractivity contribution in [1.82, 2.24) is 0 Å². The average Bonchev–Trinajstić information content (AvgIpc) is 2.17. The minimum absolute atomic E-state index is 0.0751. The van der Waals surface area contributed by atoms with Gasteiger partial charge in [0.05, 0.1) is 26.7 Å². The van der Waals surface area contributed by atoms with Crippen molar-refractivity contribution in [3.05, 3.63) is 0 Å². The largest absolute Gasteiger partial charge is 0.484 e. The molecule has 0 fully saturated rings. The number of nitrogens with zero attached hydrogens (tertiary/aromatic N) is 1. The van der Waals surface area contributed by atoms with Crippen LogP contribution in [-0.4, -0.2) is 32.6 Å². The molecule has 0 aromatic heterocycles. The number of carbonyl (C=O) groups excluding carboxylic acids is 1. The Morgan fingerprint density at radius 3 is 2.75 bits per heavy atom. The fraction of sp³-hybridized carbons (Fsp3) is 0.750. The van der Waals surface area contributed by atoms with Crippen molar-refractivity contribution in [2.24, 2.45) is 10.9 Å². The smallest absolute Gasteiger partial charge is 0.310 e. The fourth-order valence-corrected chi connectivity index (χ4v) is 1.21. The quantitative estimate of drug-likeness (QED) is 0.543. The van der Waals surface area contributed by atoms with Crippen molar-refractivity contribution in [3.63, 3.8) is 0 Å². The maximum absolute atomic E-state index is 11.0. The summed E-state index contributed by atoms with van der Waals surface area (Å²) in [6.07, 6.45) is 1.51. The minimum Gasteiger partial charge on any atom is -0.484 e. The topological polar surface area (TPSA) is 47.9 Å². The zero-order chi connectivity index (χ0) is 8.97. The van der Waals surface area contributed by atoms with Crippen LogP contribution in [0.4, 0.5) is 0 Å². The molecule has 0 saturated carbocycles. The van der Waals surface area contributed by atoms with Gasteiger partial charge in [-0.1, -0.05) is 0 Å². The molecule has 1 aliphatic rings.